The lowest BCUT2D eigenvalue weighted by Gasteiger charge is -2.45. The van der Waals surface area contributed by atoms with Crippen molar-refractivity contribution >= 4 is 27.7 Å². The van der Waals surface area contributed by atoms with E-state index in [1.165, 1.54) is 6.42 Å². The molecule has 0 radical (unpaired) electrons. The van der Waals surface area contributed by atoms with Crippen LogP contribution in [0, 0.1) is 11.8 Å². The van der Waals surface area contributed by atoms with Gasteiger partial charge in [0.05, 0.1) is 6.54 Å². The smallest absolute Gasteiger partial charge is 0.287 e. The molecule has 2 N–H and O–H groups in total. The number of furan rings is 1. The minimum atomic E-state index is -0.404. The lowest BCUT2D eigenvalue weighted by atomic mass is 9.88. The number of amides is 2. The summed E-state index contributed by atoms with van der Waals surface area (Å²) in [5, 5.41) is 5.49. The van der Waals surface area contributed by atoms with E-state index in [9.17, 15) is 9.59 Å². The van der Waals surface area contributed by atoms with Crippen molar-refractivity contribution in [3.8, 4) is 0 Å². The first kappa shape index (κ1) is 20.0. The second-order valence-corrected chi connectivity index (χ2v) is 8.51. The molecule has 2 unspecified atom stereocenters. The van der Waals surface area contributed by atoms with E-state index in [4.69, 9.17) is 4.42 Å². The summed E-state index contributed by atoms with van der Waals surface area (Å²) < 4.78 is 5.64. The maximum absolute atomic E-state index is 12.1. The fourth-order valence-corrected chi connectivity index (χ4v) is 3.64. The molecule has 1 aromatic rings. The van der Waals surface area contributed by atoms with Crippen LogP contribution >= 0.6 is 15.9 Å². The lowest BCUT2D eigenvalue weighted by Crippen LogP contribution is -2.56. The predicted molar refractivity (Wildman–Crippen MR) is 100 cm³/mol. The lowest BCUT2D eigenvalue weighted by molar-refractivity contribution is -0.120. The number of carbonyl (C=O) groups is 2. The van der Waals surface area contributed by atoms with Gasteiger partial charge in [-0.25, -0.2) is 0 Å². The van der Waals surface area contributed by atoms with Crippen LogP contribution in [-0.4, -0.2) is 48.4 Å². The highest BCUT2D eigenvalue weighted by Crippen LogP contribution is 2.26. The molecule has 6 nitrogen and oxygen atoms in total. The number of nitrogens with one attached hydrogen (secondary N) is 2. The second kappa shape index (κ2) is 8.36. The Morgan fingerprint density at radius 2 is 1.88 bits per heavy atom. The molecule has 0 bridgehead atoms. The molecule has 1 aromatic heterocycles. The van der Waals surface area contributed by atoms with Gasteiger partial charge in [0.25, 0.3) is 5.91 Å². The minimum Gasteiger partial charge on any atom is -0.444 e. The number of hydrogen-bond donors (Lipinski definition) is 2. The first-order valence-corrected chi connectivity index (χ1v) is 9.52. The number of piperidine rings is 1. The molecule has 1 aliphatic heterocycles. The van der Waals surface area contributed by atoms with E-state index in [1.807, 2.05) is 0 Å². The van der Waals surface area contributed by atoms with Crippen molar-refractivity contribution in [1.29, 1.82) is 0 Å². The highest BCUT2D eigenvalue weighted by Gasteiger charge is 2.32. The van der Waals surface area contributed by atoms with Gasteiger partial charge >= 0.3 is 0 Å². The molecule has 25 heavy (non-hydrogen) atoms. The van der Waals surface area contributed by atoms with Gasteiger partial charge in [-0.1, -0.05) is 13.8 Å². The Morgan fingerprint density at radius 3 is 2.44 bits per heavy atom. The molecule has 0 spiro atoms. The van der Waals surface area contributed by atoms with Crippen LogP contribution in [0.4, 0.5) is 0 Å². The molecule has 0 aromatic carbocycles. The van der Waals surface area contributed by atoms with E-state index in [0.717, 1.165) is 13.1 Å². The normalized spacial score (nSPS) is 21.8. The van der Waals surface area contributed by atoms with Crippen LogP contribution < -0.4 is 10.6 Å². The topological polar surface area (TPSA) is 74.6 Å². The highest BCUT2D eigenvalue weighted by molar-refractivity contribution is 9.10. The maximum Gasteiger partial charge on any atom is 0.287 e. The highest BCUT2D eigenvalue weighted by atomic mass is 79.9. The van der Waals surface area contributed by atoms with E-state index < -0.39 is 5.91 Å². The number of carbonyl (C=O) groups excluding carboxylic acids is 2. The van der Waals surface area contributed by atoms with Crippen LogP contribution in [0.25, 0.3) is 0 Å². The van der Waals surface area contributed by atoms with Crippen molar-refractivity contribution in [2.45, 2.75) is 39.7 Å². The third kappa shape index (κ3) is 5.85. The molecular formula is C18H28BrN3O3. The molecule has 2 heterocycles. The minimum absolute atomic E-state index is 0.0694. The van der Waals surface area contributed by atoms with E-state index in [1.54, 1.807) is 12.1 Å². The number of likely N-dealkylation sites (tertiary alicyclic amines) is 1. The number of nitrogens with zero attached hydrogens (tertiary/aromatic N) is 1. The third-order valence-electron chi connectivity index (χ3n) is 4.65. The van der Waals surface area contributed by atoms with Crippen molar-refractivity contribution in [3.63, 3.8) is 0 Å². The van der Waals surface area contributed by atoms with Gasteiger partial charge in [0, 0.05) is 25.2 Å². The number of rotatable bonds is 6. The van der Waals surface area contributed by atoms with Crippen LogP contribution in [0.2, 0.25) is 0 Å². The molecule has 1 fully saturated rings. The van der Waals surface area contributed by atoms with E-state index in [-0.39, 0.29) is 23.8 Å². The van der Waals surface area contributed by atoms with E-state index >= 15 is 0 Å². The molecule has 0 aliphatic carbocycles. The largest absolute Gasteiger partial charge is 0.444 e. The van der Waals surface area contributed by atoms with Crippen molar-refractivity contribution in [2.75, 3.05) is 26.2 Å². The average molecular weight is 414 g/mol. The zero-order chi connectivity index (χ0) is 18.6. The van der Waals surface area contributed by atoms with Crippen LogP contribution in [0.15, 0.2) is 21.2 Å². The molecular weight excluding hydrogens is 386 g/mol. The number of hydrogen-bond acceptors (Lipinski definition) is 4. The molecule has 2 amide bonds. The quantitative estimate of drug-likeness (QED) is 0.751. The van der Waals surface area contributed by atoms with Gasteiger partial charge in [-0.15, -0.1) is 0 Å². The Hall–Kier alpha value is -1.34. The standard InChI is InChI=1S/C18H28BrN3O3/c1-12-7-13(2)10-22(9-12)18(3,4)11-21-16(23)8-20-17(24)14-5-6-15(19)25-14/h5-6,12-13H,7-11H2,1-4H3,(H,20,24)(H,21,23). The molecule has 2 rings (SSSR count). The van der Waals surface area contributed by atoms with Crippen LogP contribution in [0.3, 0.4) is 0 Å². The zero-order valence-corrected chi connectivity index (χ0v) is 17.0. The summed E-state index contributed by atoms with van der Waals surface area (Å²) in [7, 11) is 0. The Kier molecular flexibility index (Phi) is 6.68. The van der Waals surface area contributed by atoms with Crippen molar-refractivity contribution < 1.29 is 14.0 Å². The summed E-state index contributed by atoms with van der Waals surface area (Å²) in [5.41, 5.74) is -0.117. The van der Waals surface area contributed by atoms with Gasteiger partial charge in [0.2, 0.25) is 5.91 Å². The second-order valence-electron chi connectivity index (χ2n) is 7.73. The molecule has 0 saturated carbocycles. The van der Waals surface area contributed by atoms with Crippen LogP contribution in [0.1, 0.15) is 44.7 Å². The van der Waals surface area contributed by atoms with Crippen molar-refractivity contribution in [3.05, 3.63) is 22.6 Å². The summed E-state index contributed by atoms with van der Waals surface area (Å²) in [6.07, 6.45) is 1.26. The zero-order valence-electron chi connectivity index (χ0n) is 15.4. The number of halogens is 1. The van der Waals surface area contributed by atoms with Crippen molar-refractivity contribution in [2.24, 2.45) is 11.8 Å². The molecule has 1 aliphatic rings. The molecule has 2 atom stereocenters. The fraction of sp³-hybridized carbons (Fsp3) is 0.667. The summed E-state index contributed by atoms with van der Waals surface area (Å²) in [4.78, 5) is 26.4. The third-order valence-corrected chi connectivity index (χ3v) is 5.08. The summed E-state index contributed by atoms with van der Waals surface area (Å²) in [6, 6.07) is 3.19. The van der Waals surface area contributed by atoms with E-state index in [0.29, 0.717) is 23.1 Å². The fourth-order valence-electron chi connectivity index (χ4n) is 3.33. The van der Waals surface area contributed by atoms with E-state index in [2.05, 4.69) is 59.2 Å². The van der Waals surface area contributed by atoms with Gasteiger partial charge < -0.3 is 15.1 Å². The molecule has 1 saturated heterocycles. The monoisotopic (exact) mass is 413 g/mol. The Bertz CT molecular complexity index is 604. The Labute approximate surface area is 157 Å². The van der Waals surface area contributed by atoms with Gasteiger partial charge in [0.15, 0.2) is 10.4 Å². The maximum atomic E-state index is 12.1. The molecule has 140 valence electrons. The summed E-state index contributed by atoms with van der Waals surface area (Å²) in [5.74, 6) is 0.913. The van der Waals surface area contributed by atoms with Crippen molar-refractivity contribution in [1.82, 2.24) is 15.5 Å². The summed E-state index contributed by atoms with van der Waals surface area (Å²) in [6.45, 7) is 11.4. The first-order valence-electron chi connectivity index (χ1n) is 8.72. The van der Waals surface area contributed by atoms with Crippen LogP contribution in [-0.2, 0) is 4.79 Å². The summed E-state index contributed by atoms with van der Waals surface area (Å²) >= 11 is 3.14. The average Bonchev–Trinajstić information content (AvgIpc) is 2.96. The Balaban J connectivity index is 1.77. The Morgan fingerprint density at radius 1 is 1.24 bits per heavy atom. The van der Waals surface area contributed by atoms with Gasteiger partial charge in [-0.2, -0.15) is 0 Å². The first-order chi connectivity index (χ1) is 11.7. The van der Waals surface area contributed by atoms with Gasteiger partial charge in [-0.3, -0.25) is 14.5 Å². The SMILES string of the molecule is CC1CC(C)CN(C(C)(C)CNC(=O)CNC(=O)c2ccc(Br)o2)C1. The predicted octanol–water partition coefficient (Wildman–Crippen LogP) is 2.64. The molecule has 7 heteroatoms. The van der Waals surface area contributed by atoms with Gasteiger partial charge in [-0.05, 0) is 60.2 Å². The van der Waals surface area contributed by atoms with Crippen LogP contribution in [0.5, 0.6) is 0 Å². The van der Waals surface area contributed by atoms with Gasteiger partial charge in [0.1, 0.15) is 0 Å².